The van der Waals surface area contributed by atoms with E-state index in [1.807, 2.05) is 24.4 Å². The number of hydrogen-bond donors (Lipinski definition) is 2. The van der Waals surface area contributed by atoms with E-state index in [2.05, 4.69) is 30.1 Å². The van der Waals surface area contributed by atoms with Crippen molar-refractivity contribution in [1.29, 1.82) is 0 Å². The van der Waals surface area contributed by atoms with Crippen molar-refractivity contribution in [1.82, 2.24) is 24.8 Å². The van der Waals surface area contributed by atoms with Crippen molar-refractivity contribution in [2.75, 3.05) is 31.0 Å². The largest absolute Gasteiger partial charge is 0.495 e. The molecule has 1 saturated carbocycles. The molecule has 0 radical (unpaired) electrons. The number of aromatic nitrogens is 4. The second kappa shape index (κ2) is 11.4. The fourth-order valence-electron chi connectivity index (χ4n) is 4.88. The number of hydrogen-bond acceptors (Lipinski definition) is 8. The highest BCUT2D eigenvalue weighted by atomic mass is 35.5. The van der Waals surface area contributed by atoms with Crippen LogP contribution in [0.4, 0.5) is 11.8 Å². The molecule has 0 unspecified atom stereocenters. The Bertz CT molecular complexity index is 1240. The van der Waals surface area contributed by atoms with Crippen molar-refractivity contribution in [3.05, 3.63) is 58.8 Å². The van der Waals surface area contributed by atoms with Crippen molar-refractivity contribution >= 4 is 29.3 Å². The minimum atomic E-state index is -0.183. The van der Waals surface area contributed by atoms with E-state index in [1.54, 1.807) is 26.6 Å². The molecule has 3 heterocycles. The molecule has 5 rings (SSSR count). The number of fused-ring (bicyclic) bond motifs is 1. The van der Waals surface area contributed by atoms with Gasteiger partial charge in [-0.3, -0.25) is 4.79 Å². The molecule has 3 aromatic rings. The molecule has 1 fully saturated rings. The van der Waals surface area contributed by atoms with Gasteiger partial charge in [-0.2, -0.15) is 4.98 Å². The lowest BCUT2D eigenvalue weighted by Crippen LogP contribution is -2.39. The Balaban J connectivity index is 1.35. The molecule has 0 saturated heterocycles. The normalized spacial score (nSPS) is 19.3. The van der Waals surface area contributed by atoms with E-state index in [4.69, 9.17) is 26.1 Å². The van der Waals surface area contributed by atoms with Gasteiger partial charge < -0.3 is 29.6 Å². The molecule has 0 spiro atoms. The number of halogens is 1. The number of carbonyl (C=O) groups excluding carboxylic acids is 1. The summed E-state index contributed by atoms with van der Waals surface area (Å²) in [4.78, 5) is 29.2. The van der Waals surface area contributed by atoms with Gasteiger partial charge in [-0.1, -0.05) is 17.7 Å². The topological polar surface area (TPSA) is 106 Å². The Kier molecular flexibility index (Phi) is 7.76. The average Bonchev–Trinajstić information content (AvgIpc) is 3.40. The zero-order valence-corrected chi connectivity index (χ0v) is 21.9. The maximum atomic E-state index is 13.3. The standard InChI is InChI=1S/C26H32ClN7O3/c1-36-19-6-4-18(5-7-19)31-25(35)20-15-30-26(34-12-11-33-10-9-28-23(33)16-34)32-24(20)29-14-17-3-8-22(37-2)21(27)13-17/h3,8-10,13,15,18-19H,4-7,11-12,14,16H2,1-2H3,(H,31,35)(H,29,30,32). The second-order valence-electron chi connectivity index (χ2n) is 9.40. The predicted octanol–water partition coefficient (Wildman–Crippen LogP) is 3.65. The molecule has 37 heavy (non-hydrogen) atoms. The van der Waals surface area contributed by atoms with Crippen molar-refractivity contribution in [2.24, 2.45) is 0 Å². The van der Waals surface area contributed by atoms with E-state index >= 15 is 0 Å². The summed E-state index contributed by atoms with van der Waals surface area (Å²) < 4.78 is 12.8. The third-order valence-corrected chi connectivity index (χ3v) is 7.36. The SMILES string of the molecule is COc1ccc(CNc2nc(N3CCn4ccnc4C3)ncc2C(=O)NC2CCC(OC)CC2)cc1Cl. The van der Waals surface area contributed by atoms with Crippen molar-refractivity contribution in [3.8, 4) is 5.75 Å². The number of benzene rings is 1. The third kappa shape index (κ3) is 5.80. The predicted molar refractivity (Wildman–Crippen MR) is 141 cm³/mol. The minimum absolute atomic E-state index is 0.104. The molecule has 10 nitrogen and oxygen atoms in total. The van der Waals surface area contributed by atoms with Crippen LogP contribution in [-0.4, -0.2) is 58.3 Å². The molecular formula is C26H32ClN7O3. The summed E-state index contributed by atoms with van der Waals surface area (Å²) in [5.41, 5.74) is 1.35. The summed E-state index contributed by atoms with van der Waals surface area (Å²) in [5, 5.41) is 7.04. The molecule has 1 amide bonds. The van der Waals surface area contributed by atoms with Crippen LogP contribution in [0, 0.1) is 0 Å². The van der Waals surface area contributed by atoms with Gasteiger partial charge in [-0.25, -0.2) is 9.97 Å². The number of nitrogens with one attached hydrogen (secondary N) is 2. The van der Waals surface area contributed by atoms with Crippen LogP contribution in [-0.2, 0) is 24.4 Å². The highest BCUT2D eigenvalue weighted by Crippen LogP contribution is 2.27. The summed E-state index contributed by atoms with van der Waals surface area (Å²) >= 11 is 6.31. The zero-order valence-electron chi connectivity index (χ0n) is 21.1. The lowest BCUT2D eigenvalue weighted by molar-refractivity contribution is 0.0599. The lowest BCUT2D eigenvalue weighted by atomic mass is 9.93. The van der Waals surface area contributed by atoms with Gasteiger partial charge in [0, 0.05) is 51.4 Å². The van der Waals surface area contributed by atoms with E-state index in [1.165, 1.54) is 0 Å². The molecule has 0 bridgehead atoms. The van der Waals surface area contributed by atoms with Crippen LogP contribution in [0.1, 0.15) is 47.4 Å². The summed E-state index contributed by atoms with van der Waals surface area (Å²) in [6.07, 6.45) is 9.31. The number of ether oxygens (including phenoxy) is 2. The monoisotopic (exact) mass is 525 g/mol. The first-order valence-electron chi connectivity index (χ1n) is 12.6. The van der Waals surface area contributed by atoms with Gasteiger partial charge in [-0.05, 0) is 43.4 Å². The van der Waals surface area contributed by atoms with Crippen LogP contribution in [0.5, 0.6) is 5.75 Å². The van der Waals surface area contributed by atoms with Crippen LogP contribution in [0.15, 0.2) is 36.8 Å². The average molecular weight is 526 g/mol. The van der Waals surface area contributed by atoms with Gasteiger partial charge in [0.1, 0.15) is 23.0 Å². The Morgan fingerprint density at radius 3 is 2.76 bits per heavy atom. The van der Waals surface area contributed by atoms with E-state index in [-0.39, 0.29) is 18.1 Å². The van der Waals surface area contributed by atoms with E-state index < -0.39 is 0 Å². The summed E-state index contributed by atoms with van der Waals surface area (Å²) in [6.45, 7) is 2.60. The van der Waals surface area contributed by atoms with Gasteiger partial charge in [0.05, 0.1) is 24.8 Å². The Labute approximate surface area is 221 Å². The molecule has 2 aromatic heterocycles. The maximum Gasteiger partial charge on any atom is 0.256 e. The van der Waals surface area contributed by atoms with E-state index in [9.17, 15) is 4.79 Å². The molecule has 0 atom stereocenters. The Morgan fingerprint density at radius 2 is 2.00 bits per heavy atom. The third-order valence-electron chi connectivity index (χ3n) is 7.07. The quantitative estimate of drug-likeness (QED) is 0.459. The first-order valence-corrected chi connectivity index (χ1v) is 12.9. The van der Waals surface area contributed by atoms with Gasteiger partial charge in [0.25, 0.3) is 5.91 Å². The number of amides is 1. The van der Waals surface area contributed by atoms with Crippen LogP contribution in [0.2, 0.25) is 5.02 Å². The number of anilines is 2. The number of carbonyl (C=O) groups is 1. The summed E-state index contributed by atoms with van der Waals surface area (Å²) in [5.74, 6) is 2.43. The zero-order chi connectivity index (χ0) is 25.8. The van der Waals surface area contributed by atoms with Crippen LogP contribution in [0.3, 0.4) is 0 Å². The van der Waals surface area contributed by atoms with Crippen LogP contribution >= 0.6 is 11.6 Å². The Hall–Kier alpha value is -3.37. The number of rotatable bonds is 8. The molecule has 1 aliphatic heterocycles. The van der Waals surface area contributed by atoms with Crippen LogP contribution in [0.25, 0.3) is 0 Å². The van der Waals surface area contributed by atoms with Gasteiger partial charge in [0.2, 0.25) is 5.95 Å². The molecule has 2 N–H and O–H groups in total. The Morgan fingerprint density at radius 1 is 1.16 bits per heavy atom. The molecule has 1 aliphatic carbocycles. The number of methoxy groups -OCH3 is 2. The highest BCUT2D eigenvalue weighted by Gasteiger charge is 2.25. The molecule has 1 aromatic carbocycles. The molecular weight excluding hydrogens is 494 g/mol. The van der Waals surface area contributed by atoms with Gasteiger partial charge in [0.15, 0.2) is 0 Å². The summed E-state index contributed by atoms with van der Waals surface area (Å²) in [7, 11) is 3.33. The van der Waals surface area contributed by atoms with Gasteiger partial charge >= 0.3 is 0 Å². The van der Waals surface area contributed by atoms with Gasteiger partial charge in [-0.15, -0.1) is 0 Å². The first-order chi connectivity index (χ1) is 18.0. The molecule has 2 aliphatic rings. The first kappa shape index (κ1) is 25.3. The fourth-order valence-corrected chi connectivity index (χ4v) is 5.16. The van der Waals surface area contributed by atoms with Crippen molar-refractivity contribution in [2.45, 2.75) is 57.5 Å². The molecule has 196 valence electrons. The maximum absolute atomic E-state index is 13.3. The lowest BCUT2D eigenvalue weighted by Gasteiger charge is -2.29. The highest BCUT2D eigenvalue weighted by molar-refractivity contribution is 6.32. The summed E-state index contributed by atoms with van der Waals surface area (Å²) in [6, 6.07) is 5.70. The minimum Gasteiger partial charge on any atom is -0.495 e. The van der Waals surface area contributed by atoms with Crippen molar-refractivity contribution in [3.63, 3.8) is 0 Å². The van der Waals surface area contributed by atoms with Crippen LogP contribution < -0.4 is 20.3 Å². The fraction of sp³-hybridized carbons (Fsp3) is 0.462. The smallest absolute Gasteiger partial charge is 0.256 e. The van der Waals surface area contributed by atoms with E-state index in [0.717, 1.165) is 50.2 Å². The number of imidazole rings is 1. The van der Waals surface area contributed by atoms with Crippen molar-refractivity contribution < 1.29 is 14.3 Å². The number of nitrogens with zero attached hydrogens (tertiary/aromatic N) is 5. The second-order valence-corrected chi connectivity index (χ2v) is 9.80. The van der Waals surface area contributed by atoms with E-state index in [0.29, 0.717) is 41.2 Å². The molecule has 11 heteroatoms.